The molecule has 0 amide bonds. The second-order valence-electron chi connectivity index (χ2n) is 9.10. The Morgan fingerprint density at radius 2 is 1.27 bits per heavy atom. The van der Waals surface area contributed by atoms with Crippen LogP contribution in [0.15, 0.2) is 29.6 Å². The summed E-state index contributed by atoms with van der Waals surface area (Å²) in [4.78, 5) is 18.0. The van der Waals surface area contributed by atoms with Crippen molar-refractivity contribution >= 4 is 40.3 Å². The Kier molecular flexibility index (Phi) is 11.9. The molecule has 0 aliphatic heterocycles. The van der Waals surface area contributed by atoms with E-state index >= 15 is 0 Å². The summed E-state index contributed by atoms with van der Waals surface area (Å²) in [6.45, 7) is 4.55. The second-order valence-corrected chi connectivity index (χ2v) is 12.2. The van der Waals surface area contributed by atoms with Crippen molar-refractivity contribution in [1.82, 2.24) is 0 Å². The number of aryl methyl sites for hydroxylation is 2. The Morgan fingerprint density at radius 3 is 1.85 bits per heavy atom. The van der Waals surface area contributed by atoms with E-state index in [9.17, 15) is 4.79 Å². The SMILES string of the molecule is CCCCCCCCc1cc(C=O)sc1-c1sc(-c2cccs2)cc1CCCCCCCC. The first-order valence-electron chi connectivity index (χ1n) is 13.0. The Morgan fingerprint density at radius 1 is 0.697 bits per heavy atom. The number of carbonyl (C=O) groups is 1. The zero-order valence-electron chi connectivity index (χ0n) is 20.5. The molecule has 0 bridgehead atoms. The molecule has 0 saturated heterocycles. The number of aldehydes is 1. The van der Waals surface area contributed by atoms with Crippen molar-refractivity contribution in [2.24, 2.45) is 0 Å². The summed E-state index contributed by atoms with van der Waals surface area (Å²) in [5, 5.41) is 2.17. The van der Waals surface area contributed by atoms with Crippen LogP contribution in [-0.4, -0.2) is 6.29 Å². The molecule has 4 heteroatoms. The van der Waals surface area contributed by atoms with Crippen molar-refractivity contribution in [2.75, 3.05) is 0 Å². The normalized spacial score (nSPS) is 11.3. The highest BCUT2D eigenvalue weighted by Crippen LogP contribution is 2.44. The molecule has 3 aromatic rings. The van der Waals surface area contributed by atoms with Gasteiger partial charge in [-0.05, 0) is 60.4 Å². The highest BCUT2D eigenvalue weighted by Gasteiger charge is 2.18. The molecule has 0 saturated carbocycles. The zero-order chi connectivity index (χ0) is 23.3. The minimum absolute atomic E-state index is 0.877. The van der Waals surface area contributed by atoms with E-state index < -0.39 is 0 Å². The summed E-state index contributed by atoms with van der Waals surface area (Å²) in [5.41, 5.74) is 2.88. The standard InChI is InChI=1S/C29H40OS3/c1-3-5-7-9-11-13-16-23-20-25(22-30)32-28(23)29-24(17-14-12-10-8-6-4-2)21-27(33-29)26-18-15-19-31-26/h15,18-22H,3-14,16-17H2,1-2H3. The van der Waals surface area contributed by atoms with Crippen LogP contribution in [0.4, 0.5) is 0 Å². The smallest absolute Gasteiger partial charge is 0.160 e. The number of thiophene rings is 3. The largest absolute Gasteiger partial charge is 0.297 e. The van der Waals surface area contributed by atoms with Crippen LogP contribution in [0.25, 0.3) is 19.5 Å². The zero-order valence-corrected chi connectivity index (χ0v) is 22.9. The molecule has 0 radical (unpaired) electrons. The van der Waals surface area contributed by atoms with Gasteiger partial charge in [-0.25, -0.2) is 0 Å². The molecule has 1 nitrogen and oxygen atoms in total. The maximum absolute atomic E-state index is 11.6. The van der Waals surface area contributed by atoms with Crippen molar-refractivity contribution in [3.63, 3.8) is 0 Å². The summed E-state index contributed by atoms with van der Waals surface area (Å²) < 4.78 is 0. The predicted molar refractivity (Wildman–Crippen MR) is 150 cm³/mol. The minimum Gasteiger partial charge on any atom is -0.297 e. The summed E-state index contributed by atoms with van der Waals surface area (Å²) in [6, 6.07) is 8.98. The van der Waals surface area contributed by atoms with Gasteiger partial charge in [-0.3, -0.25) is 4.79 Å². The molecule has 0 aliphatic rings. The van der Waals surface area contributed by atoms with Crippen molar-refractivity contribution < 1.29 is 4.79 Å². The van der Waals surface area contributed by atoms with Crippen molar-refractivity contribution in [3.8, 4) is 19.5 Å². The van der Waals surface area contributed by atoms with Crippen LogP contribution < -0.4 is 0 Å². The number of rotatable bonds is 17. The number of hydrogen-bond donors (Lipinski definition) is 0. The lowest BCUT2D eigenvalue weighted by molar-refractivity contribution is 0.112. The van der Waals surface area contributed by atoms with Crippen LogP contribution >= 0.6 is 34.0 Å². The molecule has 0 unspecified atom stereocenters. The molecule has 3 rings (SSSR count). The summed E-state index contributed by atoms with van der Waals surface area (Å²) >= 11 is 5.47. The third-order valence-electron chi connectivity index (χ3n) is 6.32. The number of carbonyl (C=O) groups excluding carboxylic acids is 1. The van der Waals surface area contributed by atoms with Gasteiger partial charge in [-0.2, -0.15) is 0 Å². The molecule has 180 valence electrons. The first-order chi connectivity index (χ1) is 16.3. The minimum atomic E-state index is 0.877. The van der Waals surface area contributed by atoms with E-state index in [-0.39, 0.29) is 0 Å². The first kappa shape index (κ1) is 26.4. The predicted octanol–water partition coefficient (Wildman–Crippen LogP) is 10.8. The van der Waals surface area contributed by atoms with Gasteiger partial charge in [-0.1, -0.05) is 84.1 Å². The quantitative estimate of drug-likeness (QED) is 0.133. The third-order valence-corrected chi connectivity index (χ3v) is 9.83. The Hall–Kier alpha value is -1.23. The maximum Gasteiger partial charge on any atom is 0.160 e. The molecule has 0 N–H and O–H groups in total. The lowest BCUT2D eigenvalue weighted by Crippen LogP contribution is -1.89. The molecular weight excluding hydrogens is 461 g/mol. The molecule has 0 aromatic carbocycles. The summed E-state index contributed by atoms with van der Waals surface area (Å²) in [6.07, 6.45) is 19.1. The maximum atomic E-state index is 11.6. The van der Waals surface area contributed by atoms with E-state index in [2.05, 4.69) is 43.5 Å². The fourth-order valence-corrected chi connectivity index (χ4v) is 7.69. The average Bonchev–Trinajstić information content (AvgIpc) is 3.57. The van der Waals surface area contributed by atoms with E-state index in [1.54, 1.807) is 11.3 Å². The van der Waals surface area contributed by atoms with Crippen LogP contribution in [-0.2, 0) is 12.8 Å². The topological polar surface area (TPSA) is 17.1 Å². The molecular formula is C29H40OS3. The van der Waals surface area contributed by atoms with E-state index in [0.29, 0.717) is 0 Å². The van der Waals surface area contributed by atoms with Crippen LogP contribution in [0.1, 0.15) is 112 Å². The van der Waals surface area contributed by atoms with Crippen molar-refractivity contribution in [3.05, 3.63) is 45.6 Å². The van der Waals surface area contributed by atoms with Gasteiger partial charge in [-0.15, -0.1) is 34.0 Å². The Balaban J connectivity index is 1.76. The monoisotopic (exact) mass is 500 g/mol. The van der Waals surface area contributed by atoms with Gasteiger partial charge in [0.2, 0.25) is 0 Å². The Bertz CT molecular complexity index is 932. The molecule has 33 heavy (non-hydrogen) atoms. The van der Waals surface area contributed by atoms with Crippen LogP contribution in [0, 0.1) is 0 Å². The lowest BCUT2D eigenvalue weighted by Gasteiger charge is -2.06. The van der Waals surface area contributed by atoms with E-state index in [1.807, 2.05) is 22.7 Å². The van der Waals surface area contributed by atoms with Crippen molar-refractivity contribution in [1.29, 1.82) is 0 Å². The van der Waals surface area contributed by atoms with E-state index in [0.717, 1.165) is 24.0 Å². The molecule has 3 heterocycles. The number of hydrogen-bond acceptors (Lipinski definition) is 4. The van der Waals surface area contributed by atoms with E-state index in [4.69, 9.17) is 0 Å². The fourth-order valence-electron chi connectivity index (χ4n) is 4.42. The van der Waals surface area contributed by atoms with Gasteiger partial charge in [0.05, 0.1) is 4.88 Å². The molecule has 0 fully saturated rings. The van der Waals surface area contributed by atoms with Gasteiger partial charge < -0.3 is 0 Å². The molecule has 3 aromatic heterocycles. The summed E-state index contributed by atoms with van der Waals surface area (Å²) in [7, 11) is 0. The highest BCUT2D eigenvalue weighted by atomic mass is 32.1. The van der Waals surface area contributed by atoms with Gasteiger partial charge in [0.15, 0.2) is 6.29 Å². The van der Waals surface area contributed by atoms with Crippen LogP contribution in [0.3, 0.4) is 0 Å². The fraction of sp³-hybridized carbons (Fsp3) is 0.552. The third kappa shape index (κ3) is 8.19. The van der Waals surface area contributed by atoms with Gasteiger partial charge in [0.25, 0.3) is 0 Å². The molecule has 0 aliphatic carbocycles. The Labute approximate surface area is 213 Å². The van der Waals surface area contributed by atoms with Crippen LogP contribution in [0.5, 0.6) is 0 Å². The molecule has 0 spiro atoms. The second kappa shape index (κ2) is 14.9. The van der Waals surface area contributed by atoms with E-state index in [1.165, 1.54) is 108 Å². The van der Waals surface area contributed by atoms with Gasteiger partial charge in [0, 0.05) is 19.5 Å². The van der Waals surface area contributed by atoms with Crippen molar-refractivity contribution in [2.45, 2.75) is 104 Å². The van der Waals surface area contributed by atoms with Gasteiger partial charge >= 0.3 is 0 Å². The molecule has 0 atom stereocenters. The average molecular weight is 501 g/mol. The lowest BCUT2D eigenvalue weighted by atomic mass is 10.0. The summed E-state index contributed by atoms with van der Waals surface area (Å²) in [5.74, 6) is 0. The highest BCUT2D eigenvalue weighted by molar-refractivity contribution is 7.26. The first-order valence-corrected chi connectivity index (χ1v) is 15.5. The van der Waals surface area contributed by atoms with Gasteiger partial charge in [0.1, 0.15) is 0 Å². The van der Waals surface area contributed by atoms with Crippen LogP contribution in [0.2, 0.25) is 0 Å². The number of unbranched alkanes of at least 4 members (excludes halogenated alkanes) is 10.